The van der Waals surface area contributed by atoms with Crippen molar-refractivity contribution in [2.75, 3.05) is 14.1 Å². The SMILES string of the molecule is CN(C)C1(C)Cc2cc(OC(F)(F)F)ccc2C1(O)c1cccnc1. The predicted molar refractivity (Wildman–Crippen MR) is 86.2 cm³/mol. The molecule has 1 aromatic carbocycles. The number of halogens is 3. The zero-order valence-electron chi connectivity index (χ0n) is 14.1. The first-order valence-electron chi connectivity index (χ1n) is 7.77. The largest absolute Gasteiger partial charge is 0.573 e. The maximum absolute atomic E-state index is 12.5. The molecule has 3 rings (SSSR count). The molecule has 25 heavy (non-hydrogen) atoms. The number of fused-ring (bicyclic) bond motifs is 1. The molecule has 4 nitrogen and oxygen atoms in total. The van der Waals surface area contributed by atoms with Gasteiger partial charge in [-0.15, -0.1) is 13.2 Å². The van der Waals surface area contributed by atoms with Crippen LogP contribution in [0.25, 0.3) is 0 Å². The minimum Gasteiger partial charge on any atom is -0.406 e. The van der Waals surface area contributed by atoms with Crippen LogP contribution in [-0.4, -0.2) is 41.0 Å². The van der Waals surface area contributed by atoms with Crippen molar-refractivity contribution in [1.82, 2.24) is 9.88 Å². The van der Waals surface area contributed by atoms with Crippen LogP contribution in [0.5, 0.6) is 5.75 Å². The molecule has 0 saturated heterocycles. The van der Waals surface area contributed by atoms with Gasteiger partial charge in [-0.1, -0.05) is 12.1 Å². The molecule has 0 bridgehead atoms. The molecule has 0 amide bonds. The summed E-state index contributed by atoms with van der Waals surface area (Å²) in [5.74, 6) is -0.289. The van der Waals surface area contributed by atoms with Gasteiger partial charge in [-0.25, -0.2) is 0 Å². The number of hydrogen-bond donors (Lipinski definition) is 1. The zero-order chi connectivity index (χ0) is 18.5. The Balaban J connectivity index is 2.15. The number of alkyl halides is 3. The van der Waals surface area contributed by atoms with Gasteiger partial charge in [0.1, 0.15) is 11.4 Å². The van der Waals surface area contributed by atoms with Crippen molar-refractivity contribution in [2.24, 2.45) is 0 Å². The molecule has 0 aliphatic heterocycles. The van der Waals surface area contributed by atoms with E-state index in [2.05, 4.69) is 9.72 Å². The summed E-state index contributed by atoms with van der Waals surface area (Å²) in [5.41, 5.74) is -0.392. The first kappa shape index (κ1) is 17.7. The number of benzene rings is 1. The van der Waals surface area contributed by atoms with Gasteiger partial charge in [-0.05, 0) is 56.8 Å². The third-order valence-electron chi connectivity index (χ3n) is 5.08. The number of pyridine rings is 1. The molecule has 0 spiro atoms. The second-order valence-corrected chi connectivity index (χ2v) is 6.66. The van der Waals surface area contributed by atoms with E-state index in [1.54, 1.807) is 24.5 Å². The molecule has 1 heterocycles. The van der Waals surface area contributed by atoms with Crippen molar-refractivity contribution in [3.05, 3.63) is 59.4 Å². The zero-order valence-corrected chi connectivity index (χ0v) is 14.1. The predicted octanol–water partition coefficient (Wildman–Crippen LogP) is 3.09. The van der Waals surface area contributed by atoms with Crippen LogP contribution in [0, 0.1) is 0 Å². The Labute approximate surface area is 143 Å². The lowest BCUT2D eigenvalue weighted by atomic mass is 9.76. The lowest BCUT2D eigenvalue weighted by Crippen LogP contribution is -2.56. The fourth-order valence-corrected chi connectivity index (χ4v) is 3.58. The molecule has 0 radical (unpaired) electrons. The van der Waals surface area contributed by atoms with Crippen LogP contribution in [0.15, 0.2) is 42.7 Å². The molecular weight excluding hydrogens is 333 g/mol. The fraction of sp³-hybridized carbons (Fsp3) is 0.389. The summed E-state index contributed by atoms with van der Waals surface area (Å²) in [5, 5.41) is 11.7. The van der Waals surface area contributed by atoms with Crippen molar-refractivity contribution in [3.8, 4) is 5.75 Å². The summed E-state index contributed by atoms with van der Waals surface area (Å²) in [4.78, 5) is 5.97. The quantitative estimate of drug-likeness (QED) is 0.922. The van der Waals surface area contributed by atoms with Crippen LogP contribution in [0.1, 0.15) is 23.6 Å². The monoisotopic (exact) mass is 352 g/mol. The average Bonchev–Trinajstić information content (AvgIpc) is 2.76. The highest BCUT2D eigenvalue weighted by molar-refractivity contribution is 5.52. The maximum atomic E-state index is 12.5. The number of nitrogens with zero attached hydrogens (tertiary/aromatic N) is 2. The Morgan fingerprint density at radius 1 is 1.24 bits per heavy atom. The summed E-state index contributed by atoms with van der Waals surface area (Å²) in [6, 6.07) is 7.57. The van der Waals surface area contributed by atoms with Crippen molar-refractivity contribution in [3.63, 3.8) is 0 Å². The van der Waals surface area contributed by atoms with Gasteiger partial charge in [0.15, 0.2) is 0 Å². The number of ether oxygens (including phenoxy) is 1. The first-order valence-corrected chi connectivity index (χ1v) is 7.77. The Morgan fingerprint density at radius 2 is 1.96 bits per heavy atom. The van der Waals surface area contributed by atoms with Crippen LogP contribution in [0.3, 0.4) is 0 Å². The topological polar surface area (TPSA) is 45.6 Å². The number of rotatable bonds is 3. The molecule has 1 aliphatic carbocycles. The second kappa shape index (κ2) is 5.71. The average molecular weight is 352 g/mol. The van der Waals surface area contributed by atoms with Crippen molar-refractivity contribution < 1.29 is 23.0 Å². The first-order chi connectivity index (χ1) is 11.6. The van der Waals surface area contributed by atoms with Crippen LogP contribution >= 0.6 is 0 Å². The van der Waals surface area contributed by atoms with E-state index < -0.39 is 17.5 Å². The molecule has 1 aromatic heterocycles. The molecular formula is C18H19F3N2O2. The Morgan fingerprint density at radius 3 is 2.52 bits per heavy atom. The Kier molecular flexibility index (Phi) is 4.04. The van der Waals surface area contributed by atoms with Gasteiger partial charge in [-0.2, -0.15) is 0 Å². The van der Waals surface area contributed by atoms with Gasteiger partial charge < -0.3 is 14.7 Å². The minimum absolute atomic E-state index is 0.289. The summed E-state index contributed by atoms with van der Waals surface area (Å²) in [6.45, 7) is 1.88. The molecule has 0 saturated carbocycles. The van der Waals surface area contributed by atoms with Crippen molar-refractivity contribution >= 4 is 0 Å². The van der Waals surface area contributed by atoms with E-state index in [-0.39, 0.29) is 5.75 Å². The van der Waals surface area contributed by atoms with E-state index in [4.69, 9.17) is 0 Å². The third kappa shape index (κ3) is 2.77. The number of aromatic nitrogens is 1. The van der Waals surface area contributed by atoms with Gasteiger partial charge >= 0.3 is 6.36 Å². The number of aliphatic hydroxyl groups is 1. The Bertz CT molecular complexity index is 780. The Hall–Kier alpha value is -2.12. The molecule has 7 heteroatoms. The van der Waals surface area contributed by atoms with Crippen LogP contribution < -0.4 is 4.74 Å². The molecule has 134 valence electrons. The highest BCUT2D eigenvalue weighted by atomic mass is 19.4. The number of hydrogen-bond acceptors (Lipinski definition) is 4. The van der Waals surface area contributed by atoms with E-state index >= 15 is 0 Å². The van der Waals surface area contributed by atoms with Gasteiger partial charge in [0, 0.05) is 18.0 Å². The molecule has 2 atom stereocenters. The lowest BCUT2D eigenvalue weighted by Gasteiger charge is -2.45. The summed E-state index contributed by atoms with van der Waals surface area (Å²) >= 11 is 0. The highest BCUT2D eigenvalue weighted by Gasteiger charge is 2.56. The molecule has 0 fully saturated rings. The molecule has 1 aliphatic rings. The van der Waals surface area contributed by atoms with E-state index in [1.807, 2.05) is 25.9 Å². The maximum Gasteiger partial charge on any atom is 0.573 e. The van der Waals surface area contributed by atoms with Crippen molar-refractivity contribution in [2.45, 2.75) is 30.8 Å². The van der Waals surface area contributed by atoms with Gasteiger partial charge in [0.2, 0.25) is 0 Å². The van der Waals surface area contributed by atoms with E-state index in [0.29, 0.717) is 23.1 Å². The van der Waals surface area contributed by atoms with E-state index in [1.165, 1.54) is 18.2 Å². The van der Waals surface area contributed by atoms with Crippen LogP contribution in [-0.2, 0) is 12.0 Å². The molecule has 2 unspecified atom stereocenters. The van der Waals surface area contributed by atoms with E-state index in [9.17, 15) is 18.3 Å². The third-order valence-corrected chi connectivity index (χ3v) is 5.08. The smallest absolute Gasteiger partial charge is 0.406 e. The second-order valence-electron chi connectivity index (χ2n) is 6.66. The number of likely N-dealkylation sites (N-methyl/N-ethyl adjacent to an activating group) is 1. The van der Waals surface area contributed by atoms with Gasteiger partial charge in [0.05, 0.1) is 5.54 Å². The normalized spacial score (nSPS) is 25.9. The van der Waals surface area contributed by atoms with Crippen LogP contribution in [0.2, 0.25) is 0 Å². The summed E-state index contributed by atoms with van der Waals surface area (Å²) in [7, 11) is 3.67. The van der Waals surface area contributed by atoms with E-state index in [0.717, 1.165) is 0 Å². The van der Waals surface area contributed by atoms with Gasteiger partial charge in [-0.3, -0.25) is 4.98 Å². The minimum atomic E-state index is -4.75. The van der Waals surface area contributed by atoms with Crippen molar-refractivity contribution in [1.29, 1.82) is 0 Å². The fourth-order valence-electron chi connectivity index (χ4n) is 3.58. The lowest BCUT2D eigenvalue weighted by molar-refractivity contribution is -0.274. The van der Waals surface area contributed by atoms with Gasteiger partial charge in [0.25, 0.3) is 0 Å². The van der Waals surface area contributed by atoms with Crippen LogP contribution in [0.4, 0.5) is 13.2 Å². The summed E-state index contributed by atoms with van der Waals surface area (Å²) < 4.78 is 41.5. The highest BCUT2D eigenvalue weighted by Crippen LogP contribution is 2.51. The standard InChI is InChI=1S/C18H19F3N2O2/c1-16(23(2)3)10-12-9-14(25-18(19,20)21)6-7-15(12)17(16,24)13-5-4-8-22-11-13/h4-9,11,24H,10H2,1-3H3. The molecule has 2 aromatic rings. The molecule has 1 N–H and O–H groups in total. The summed E-state index contributed by atoms with van der Waals surface area (Å²) in [6.07, 6.45) is -1.19.